The molecule has 1 rings (SSSR count). The molecule has 0 aromatic heterocycles. The van der Waals surface area contributed by atoms with Crippen LogP contribution in [0.3, 0.4) is 0 Å². The van der Waals surface area contributed by atoms with Crippen molar-refractivity contribution < 1.29 is 20.4 Å². The van der Waals surface area contributed by atoms with Crippen molar-refractivity contribution in [2.75, 3.05) is 39.4 Å². The van der Waals surface area contributed by atoms with Crippen LogP contribution in [-0.4, -0.2) is 93.9 Å². The van der Waals surface area contributed by atoms with Crippen LogP contribution >= 0.6 is 0 Å². The molecule has 0 bridgehead atoms. The molecule has 0 aliphatic heterocycles. The van der Waals surface area contributed by atoms with Crippen LogP contribution in [0.5, 0.6) is 0 Å². The number of hydrogen-bond acceptors (Lipinski definition) is 6. The molecule has 38 heavy (non-hydrogen) atoms. The van der Waals surface area contributed by atoms with Crippen LogP contribution in [0.4, 0.5) is 0 Å². The Morgan fingerprint density at radius 2 is 0.974 bits per heavy atom. The minimum atomic E-state index is -0.933. The van der Waals surface area contributed by atoms with Gasteiger partial charge in [0.2, 0.25) is 0 Å². The molecule has 4 atom stereocenters. The van der Waals surface area contributed by atoms with E-state index in [2.05, 4.69) is 61.2 Å². The van der Waals surface area contributed by atoms with E-state index in [0.29, 0.717) is 0 Å². The van der Waals surface area contributed by atoms with Gasteiger partial charge in [0.05, 0.1) is 13.2 Å². The van der Waals surface area contributed by atoms with E-state index in [1.54, 1.807) is 0 Å². The molecule has 0 saturated carbocycles. The van der Waals surface area contributed by atoms with Gasteiger partial charge in [-0.2, -0.15) is 0 Å². The molecule has 0 fully saturated rings. The van der Waals surface area contributed by atoms with E-state index in [-0.39, 0.29) is 13.2 Å². The number of aliphatic hydroxyl groups is 4. The van der Waals surface area contributed by atoms with Gasteiger partial charge in [0.15, 0.2) is 0 Å². The third-order valence-corrected chi connectivity index (χ3v) is 6.68. The van der Waals surface area contributed by atoms with E-state index in [9.17, 15) is 20.4 Å². The van der Waals surface area contributed by atoms with Crippen LogP contribution in [0.2, 0.25) is 0 Å². The first-order valence-electron chi connectivity index (χ1n) is 14.6. The zero-order valence-electron chi connectivity index (χ0n) is 24.2. The van der Waals surface area contributed by atoms with Crippen LogP contribution in [0.25, 0.3) is 0 Å². The Morgan fingerprint density at radius 1 is 0.632 bits per heavy atom. The normalized spacial score (nSPS) is 14.4. The third kappa shape index (κ3) is 12.8. The van der Waals surface area contributed by atoms with E-state index in [1.807, 2.05) is 24.3 Å². The first kappa shape index (κ1) is 34.1. The SMILES string of the molecule is CCCCN(CCCC)[C@H](C#Cc1cccc(C#C[C@H]([C@H](O)CO)N(CCCC)CCCC)c1)[C@H](O)CO. The van der Waals surface area contributed by atoms with E-state index < -0.39 is 24.3 Å². The Kier molecular flexibility index (Phi) is 18.8. The zero-order valence-corrected chi connectivity index (χ0v) is 24.2. The first-order chi connectivity index (χ1) is 18.4. The molecule has 0 aliphatic carbocycles. The van der Waals surface area contributed by atoms with Crippen LogP contribution in [0.15, 0.2) is 24.3 Å². The Morgan fingerprint density at radius 3 is 1.26 bits per heavy atom. The van der Waals surface area contributed by atoms with Crippen LogP contribution in [0, 0.1) is 23.7 Å². The molecule has 0 unspecified atom stereocenters. The second kappa shape index (κ2) is 21.0. The van der Waals surface area contributed by atoms with Crippen LogP contribution in [0.1, 0.15) is 90.2 Å². The van der Waals surface area contributed by atoms with Crippen molar-refractivity contribution in [3.63, 3.8) is 0 Å². The largest absolute Gasteiger partial charge is 0.394 e. The molecule has 0 spiro atoms. The van der Waals surface area contributed by atoms with Crippen molar-refractivity contribution in [1.29, 1.82) is 0 Å². The molecule has 1 aromatic carbocycles. The zero-order chi connectivity index (χ0) is 28.2. The number of rotatable bonds is 18. The minimum absolute atomic E-state index is 0.333. The molecule has 1 aromatic rings. The third-order valence-electron chi connectivity index (χ3n) is 6.68. The molecule has 0 saturated heterocycles. The standard InChI is InChI=1S/C32H52N2O4/c1-5-9-20-33(21-10-6-2)29(31(37)25-35)18-16-27-14-13-15-28(24-27)17-19-30(32(38)26-36)34(22-11-7-3)23-12-8-4/h13-15,24,29-32,35-38H,5-12,20-23,25-26H2,1-4H3/t29-,30-,31-,32-/m1/s1. The molecule has 0 amide bonds. The van der Waals surface area contributed by atoms with Crippen molar-refractivity contribution in [2.24, 2.45) is 0 Å². The van der Waals surface area contributed by atoms with E-state index in [1.165, 1.54) is 0 Å². The first-order valence-corrected chi connectivity index (χ1v) is 14.6. The Labute approximate surface area is 232 Å². The predicted octanol–water partition coefficient (Wildman–Crippen LogP) is 3.64. The second-order valence-electron chi connectivity index (χ2n) is 10.00. The number of hydrogen-bond donors (Lipinski definition) is 4. The van der Waals surface area contributed by atoms with Crippen molar-refractivity contribution >= 4 is 0 Å². The van der Waals surface area contributed by atoms with Crippen LogP contribution < -0.4 is 0 Å². The van der Waals surface area contributed by atoms with Gasteiger partial charge in [0.1, 0.15) is 24.3 Å². The van der Waals surface area contributed by atoms with Crippen molar-refractivity contribution in [1.82, 2.24) is 9.80 Å². The lowest BCUT2D eigenvalue weighted by molar-refractivity contribution is 0.0323. The maximum atomic E-state index is 10.5. The van der Waals surface area contributed by atoms with Gasteiger partial charge in [-0.15, -0.1) is 0 Å². The van der Waals surface area contributed by atoms with Crippen LogP contribution in [-0.2, 0) is 0 Å². The Hall–Kier alpha value is -1.90. The van der Waals surface area contributed by atoms with Crippen molar-refractivity contribution in [3.05, 3.63) is 35.4 Å². The lowest BCUT2D eigenvalue weighted by Gasteiger charge is -2.30. The molecule has 0 heterocycles. The molecule has 214 valence electrons. The highest BCUT2D eigenvalue weighted by molar-refractivity contribution is 5.44. The van der Waals surface area contributed by atoms with Gasteiger partial charge in [0, 0.05) is 11.1 Å². The van der Waals surface area contributed by atoms with Gasteiger partial charge in [-0.3, -0.25) is 9.80 Å². The van der Waals surface area contributed by atoms with Gasteiger partial charge >= 0.3 is 0 Å². The number of unbranched alkanes of at least 4 members (excludes halogenated alkanes) is 4. The predicted molar refractivity (Wildman–Crippen MR) is 157 cm³/mol. The molecular formula is C32H52N2O4. The highest BCUT2D eigenvalue weighted by atomic mass is 16.3. The maximum Gasteiger partial charge on any atom is 0.104 e. The smallest absolute Gasteiger partial charge is 0.104 e. The van der Waals surface area contributed by atoms with Crippen molar-refractivity contribution in [2.45, 2.75) is 103 Å². The minimum Gasteiger partial charge on any atom is -0.394 e. The number of benzene rings is 1. The Balaban J connectivity index is 3.24. The summed E-state index contributed by atoms with van der Waals surface area (Å²) in [6.45, 7) is 11.2. The molecule has 0 aliphatic rings. The summed E-state index contributed by atoms with van der Waals surface area (Å²) in [5, 5.41) is 40.5. The summed E-state index contributed by atoms with van der Waals surface area (Å²) in [5.41, 5.74) is 1.57. The average molecular weight is 529 g/mol. The molecule has 6 nitrogen and oxygen atoms in total. The van der Waals surface area contributed by atoms with Gasteiger partial charge in [-0.05, 0) is 70.1 Å². The van der Waals surface area contributed by atoms with E-state index >= 15 is 0 Å². The lowest BCUT2D eigenvalue weighted by Crippen LogP contribution is -2.45. The fourth-order valence-electron chi connectivity index (χ4n) is 4.28. The molecule has 4 N–H and O–H groups in total. The highest BCUT2D eigenvalue weighted by Gasteiger charge is 2.24. The molecular weight excluding hydrogens is 476 g/mol. The summed E-state index contributed by atoms with van der Waals surface area (Å²) in [4.78, 5) is 4.37. The summed E-state index contributed by atoms with van der Waals surface area (Å²) in [6, 6.07) is 6.76. The maximum absolute atomic E-state index is 10.5. The quantitative estimate of drug-likeness (QED) is 0.218. The fourth-order valence-corrected chi connectivity index (χ4v) is 4.28. The lowest BCUT2D eigenvalue weighted by atomic mass is 10.1. The topological polar surface area (TPSA) is 87.4 Å². The second-order valence-corrected chi connectivity index (χ2v) is 10.00. The fraction of sp³-hybridized carbons (Fsp3) is 0.688. The summed E-state index contributed by atoms with van der Waals surface area (Å²) >= 11 is 0. The monoisotopic (exact) mass is 528 g/mol. The van der Waals surface area contributed by atoms with Crippen molar-refractivity contribution in [3.8, 4) is 23.7 Å². The van der Waals surface area contributed by atoms with E-state index in [4.69, 9.17) is 0 Å². The summed E-state index contributed by atoms with van der Waals surface area (Å²) in [6.07, 6.45) is 6.41. The number of aliphatic hydroxyl groups excluding tert-OH is 4. The molecule has 0 radical (unpaired) electrons. The van der Waals surface area contributed by atoms with Gasteiger partial charge in [-0.1, -0.05) is 83.1 Å². The number of nitrogens with zero attached hydrogens (tertiary/aromatic N) is 2. The highest BCUT2D eigenvalue weighted by Crippen LogP contribution is 2.12. The summed E-state index contributed by atoms with van der Waals surface area (Å²) in [7, 11) is 0. The summed E-state index contributed by atoms with van der Waals surface area (Å²) < 4.78 is 0. The molecule has 6 heteroatoms. The average Bonchev–Trinajstić information content (AvgIpc) is 2.94. The van der Waals surface area contributed by atoms with Gasteiger partial charge in [0.25, 0.3) is 0 Å². The van der Waals surface area contributed by atoms with E-state index in [0.717, 1.165) is 88.7 Å². The van der Waals surface area contributed by atoms with Gasteiger partial charge < -0.3 is 20.4 Å². The Bertz CT molecular complexity index is 786. The van der Waals surface area contributed by atoms with Gasteiger partial charge in [-0.25, -0.2) is 0 Å². The summed E-state index contributed by atoms with van der Waals surface area (Å²) in [5.74, 6) is 12.9.